The highest BCUT2D eigenvalue weighted by molar-refractivity contribution is 4.93. The minimum atomic E-state index is 0.863. The van der Waals surface area contributed by atoms with Gasteiger partial charge in [-0.05, 0) is 5.92 Å². The Balaban J connectivity index is 1.88. The average molecular weight is 166 g/mol. The molecule has 2 rings (SSSR count). The monoisotopic (exact) mass is 166 g/mol. The van der Waals surface area contributed by atoms with Crippen molar-refractivity contribution in [1.29, 1.82) is 0 Å². The molecule has 0 N–H and O–H groups in total. The first-order chi connectivity index (χ1) is 5.74. The molecule has 66 valence electrons. The number of rotatable bonds is 2. The normalized spacial score (nSPS) is 19.5. The predicted octanol–water partition coefficient (Wildman–Crippen LogP) is 0.267. The highest BCUT2D eigenvalue weighted by atomic mass is 15.5. The van der Waals surface area contributed by atoms with Gasteiger partial charge < -0.3 is 0 Å². The Labute approximate surface area is 72.2 Å². The first kappa shape index (κ1) is 7.73. The van der Waals surface area contributed by atoms with Crippen LogP contribution in [0.3, 0.4) is 0 Å². The van der Waals surface area contributed by atoms with Crippen molar-refractivity contribution >= 4 is 0 Å². The van der Waals surface area contributed by atoms with Crippen molar-refractivity contribution in [2.45, 2.75) is 13.5 Å². The maximum absolute atomic E-state index is 4.22. The molecule has 4 nitrogen and oxygen atoms in total. The lowest BCUT2D eigenvalue weighted by atomic mass is 10.0. The number of hydrogen-bond donors (Lipinski definition) is 0. The van der Waals surface area contributed by atoms with Gasteiger partial charge in [0, 0.05) is 26.7 Å². The fourth-order valence-electron chi connectivity index (χ4n) is 1.65. The first-order valence-corrected chi connectivity index (χ1v) is 4.31. The van der Waals surface area contributed by atoms with Crippen molar-refractivity contribution in [2.75, 3.05) is 13.1 Å². The van der Waals surface area contributed by atoms with Gasteiger partial charge in [-0.25, -0.2) is 0 Å². The highest BCUT2D eigenvalue weighted by Crippen LogP contribution is 2.15. The summed E-state index contributed by atoms with van der Waals surface area (Å²) in [5, 5.41) is 8.25. The number of nitrogens with zero attached hydrogens (tertiary/aromatic N) is 4. The van der Waals surface area contributed by atoms with Gasteiger partial charge in [0.1, 0.15) is 0 Å². The molecule has 0 unspecified atom stereocenters. The summed E-state index contributed by atoms with van der Waals surface area (Å²) in [6, 6.07) is 0. The summed E-state index contributed by atoms with van der Waals surface area (Å²) >= 11 is 0. The molecule has 0 atom stereocenters. The van der Waals surface area contributed by atoms with E-state index >= 15 is 0 Å². The topological polar surface area (TPSA) is 34.0 Å². The van der Waals surface area contributed by atoms with Crippen LogP contribution >= 0.6 is 0 Å². The first-order valence-electron chi connectivity index (χ1n) is 4.31. The van der Waals surface area contributed by atoms with Crippen molar-refractivity contribution in [3.05, 3.63) is 11.9 Å². The van der Waals surface area contributed by atoms with E-state index in [1.54, 1.807) is 4.80 Å². The van der Waals surface area contributed by atoms with Crippen molar-refractivity contribution < 1.29 is 0 Å². The molecule has 1 fully saturated rings. The Kier molecular flexibility index (Phi) is 1.84. The zero-order valence-corrected chi connectivity index (χ0v) is 7.56. The number of likely N-dealkylation sites (tertiary alicyclic amines) is 1. The van der Waals surface area contributed by atoms with Gasteiger partial charge in [-0.1, -0.05) is 6.92 Å². The minimum absolute atomic E-state index is 0.863. The van der Waals surface area contributed by atoms with E-state index in [2.05, 4.69) is 22.0 Å². The summed E-state index contributed by atoms with van der Waals surface area (Å²) in [6.45, 7) is 5.64. The Hall–Kier alpha value is -0.900. The molecule has 0 radical (unpaired) electrons. The van der Waals surface area contributed by atoms with Crippen molar-refractivity contribution in [3.8, 4) is 0 Å². The molecule has 0 amide bonds. The second-order valence-electron chi connectivity index (χ2n) is 3.62. The van der Waals surface area contributed by atoms with E-state index in [1.807, 2.05) is 13.2 Å². The Morgan fingerprint density at radius 2 is 2.33 bits per heavy atom. The van der Waals surface area contributed by atoms with Gasteiger partial charge in [0.05, 0.1) is 11.9 Å². The van der Waals surface area contributed by atoms with Gasteiger partial charge in [0.2, 0.25) is 0 Å². The molecule has 2 heterocycles. The Bertz CT molecular complexity index is 262. The molecule has 0 aliphatic carbocycles. The van der Waals surface area contributed by atoms with Crippen molar-refractivity contribution in [3.63, 3.8) is 0 Å². The fourth-order valence-corrected chi connectivity index (χ4v) is 1.65. The van der Waals surface area contributed by atoms with Gasteiger partial charge in [0.25, 0.3) is 0 Å². The molecule has 1 saturated heterocycles. The highest BCUT2D eigenvalue weighted by Gasteiger charge is 2.22. The average Bonchev–Trinajstić information content (AvgIpc) is 2.33. The molecule has 1 aromatic heterocycles. The summed E-state index contributed by atoms with van der Waals surface area (Å²) in [7, 11) is 1.85. The maximum Gasteiger partial charge on any atom is 0.0967 e. The third kappa shape index (κ3) is 1.48. The van der Waals surface area contributed by atoms with Crippen LogP contribution in [0.1, 0.15) is 12.6 Å². The minimum Gasteiger partial charge on any atom is -0.297 e. The lowest BCUT2D eigenvalue weighted by Gasteiger charge is -2.36. The van der Waals surface area contributed by atoms with Crippen LogP contribution in [-0.2, 0) is 13.6 Å². The molecule has 0 saturated carbocycles. The fraction of sp³-hybridized carbons (Fsp3) is 0.750. The molecule has 0 bridgehead atoms. The maximum atomic E-state index is 4.22. The zero-order chi connectivity index (χ0) is 8.55. The summed E-state index contributed by atoms with van der Waals surface area (Å²) in [4.78, 5) is 3.99. The van der Waals surface area contributed by atoms with Crippen LogP contribution in [0.15, 0.2) is 6.20 Å². The van der Waals surface area contributed by atoms with E-state index in [9.17, 15) is 0 Å². The van der Waals surface area contributed by atoms with Crippen LogP contribution in [0.5, 0.6) is 0 Å². The second kappa shape index (κ2) is 2.86. The lowest BCUT2D eigenvalue weighted by Crippen LogP contribution is -2.44. The summed E-state index contributed by atoms with van der Waals surface area (Å²) < 4.78 is 0. The molecule has 4 heteroatoms. The predicted molar refractivity (Wildman–Crippen MR) is 45.4 cm³/mol. The largest absolute Gasteiger partial charge is 0.297 e. The van der Waals surface area contributed by atoms with Gasteiger partial charge in [-0.2, -0.15) is 15.0 Å². The quantitative estimate of drug-likeness (QED) is 0.632. The van der Waals surface area contributed by atoms with Gasteiger partial charge in [0.15, 0.2) is 0 Å². The smallest absolute Gasteiger partial charge is 0.0967 e. The Morgan fingerprint density at radius 1 is 1.58 bits per heavy atom. The van der Waals surface area contributed by atoms with Crippen molar-refractivity contribution in [1.82, 2.24) is 19.9 Å². The summed E-state index contributed by atoms with van der Waals surface area (Å²) in [5.41, 5.74) is 1.07. The Morgan fingerprint density at radius 3 is 2.83 bits per heavy atom. The van der Waals surface area contributed by atoms with Crippen LogP contribution in [-0.4, -0.2) is 33.0 Å². The number of aryl methyl sites for hydroxylation is 1. The van der Waals surface area contributed by atoms with E-state index in [1.165, 1.54) is 13.1 Å². The van der Waals surface area contributed by atoms with E-state index in [4.69, 9.17) is 0 Å². The third-order valence-electron chi connectivity index (χ3n) is 2.17. The van der Waals surface area contributed by atoms with E-state index in [-0.39, 0.29) is 0 Å². The molecule has 12 heavy (non-hydrogen) atoms. The van der Waals surface area contributed by atoms with Crippen LogP contribution in [0.25, 0.3) is 0 Å². The zero-order valence-electron chi connectivity index (χ0n) is 7.56. The van der Waals surface area contributed by atoms with Crippen LogP contribution < -0.4 is 0 Å². The number of hydrogen-bond acceptors (Lipinski definition) is 3. The van der Waals surface area contributed by atoms with E-state index in [0.717, 1.165) is 18.2 Å². The molecule has 1 aliphatic heterocycles. The van der Waals surface area contributed by atoms with E-state index in [0.29, 0.717) is 0 Å². The molecule has 1 aromatic rings. The molecular weight excluding hydrogens is 152 g/mol. The van der Waals surface area contributed by atoms with Crippen LogP contribution in [0, 0.1) is 5.92 Å². The number of aromatic nitrogens is 3. The molecule has 1 aliphatic rings. The summed E-state index contributed by atoms with van der Waals surface area (Å²) in [6.07, 6.45) is 1.84. The standard InChI is InChI=1S/C8H14N4/c1-7-4-12(5-7)6-8-3-9-11(2)10-8/h3,7H,4-6H2,1-2H3. The van der Waals surface area contributed by atoms with Crippen molar-refractivity contribution in [2.24, 2.45) is 13.0 Å². The SMILES string of the molecule is CC1CN(Cc2cnn(C)n2)C1. The third-order valence-corrected chi connectivity index (χ3v) is 2.17. The second-order valence-corrected chi connectivity index (χ2v) is 3.62. The van der Waals surface area contributed by atoms with Gasteiger partial charge >= 0.3 is 0 Å². The molecule has 0 aromatic carbocycles. The summed E-state index contributed by atoms with van der Waals surface area (Å²) in [5.74, 6) is 0.863. The lowest BCUT2D eigenvalue weighted by molar-refractivity contribution is 0.103. The van der Waals surface area contributed by atoms with Crippen LogP contribution in [0.4, 0.5) is 0 Å². The van der Waals surface area contributed by atoms with E-state index < -0.39 is 0 Å². The molecule has 0 spiro atoms. The van der Waals surface area contributed by atoms with Gasteiger partial charge in [-0.15, -0.1) is 0 Å². The van der Waals surface area contributed by atoms with Crippen LogP contribution in [0.2, 0.25) is 0 Å². The molecular formula is C8H14N4. The van der Waals surface area contributed by atoms with Gasteiger partial charge in [-0.3, -0.25) is 4.90 Å².